The summed E-state index contributed by atoms with van der Waals surface area (Å²) in [6, 6.07) is 0. The van der Waals surface area contributed by atoms with E-state index in [2.05, 4.69) is 18.2 Å². The summed E-state index contributed by atoms with van der Waals surface area (Å²) in [6.07, 6.45) is 1.53. The molecule has 0 N–H and O–H groups in total. The molecule has 1 fully saturated rings. The van der Waals surface area contributed by atoms with E-state index >= 15 is 0 Å². The molecule has 1 radical (unpaired) electrons. The number of carbonyl (C=O) groups excluding carboxylic acids is 1. The molecule has 0 saturated carbocycles. The smallest absolute Gasteiger partial charge is 0.430 e. The van der Waals surface area contributed by atoms with Crippen LogP contribution in [0.5, 0.6) is 0 Å². The van der Waals surface area contributed by atoms with Crippen molar-refractivity contribution in [2.45, 2.75) is 12.0 Å². The summed E-state index contributed by atoms with van der Waals surface area (Å²) in [7, 11) is 0. The SMILES string of the molecule is [CH2]C1(CC=C)COC(=O)O1. The van der Waals surface area contributed by atoms with E-state index in [1.165, 1.54) is 0 Å². The van der Waals surface area contributed by atoms with Crippen molar-refractivity contribution in [3.8, 4) is 0 Å². The molecule has 0 spiro atoms. The van der Waals surface area contributed by atoms with Crippen molar-refractivity contribution in [3.63, 3.8) is 0 Å². The largest absolute Gasteiger partial charge is 0.509 e. The molecule has 0 amide bonds. The van der Waals surface area contributed by atoms with Crippen LogP contribution in [0.15, 0.2) is 12.7 Å². The molecule has 0 aromatic heterocycles. The van der Waals surface area contributed by atoms with Gasteiger partial charge in [0, 0.05) is 6.42 Å². The molecule has 1 saturated heterocycles. The minimum Gasteiger partial charge on any atom is -0.430 e. The highest BCUT2D eigenvalue weighted by Crippen LogP contribution is 2.22. The van der Waals surface area contributed by atoms with E-state index in [0.29, 0.717) is 6.42 Å². The Morgan fingerprint density at radius 1 is 1.80 bits per heavy atom. The number of ether oxygens (including phenoxy) is 2. The van der Waals surface area contributed by atoms with E-state index in [9.17, 15) is 4.79 Å². The molecule has 1 aliphatic heterocycles. The van der Waals surface area contributed by atoms with Gasteiger partial charge in [-0.15, -0.1) is 6.58 Å². The van der Waals surface area contributed by atoms with E-state index < -0.39 is 11.8 Å². The Balaban J connectivity index is 2.53. The average Bonchev–Trinajstić information content (AvgIpc) is 2.12. The Morgan fingerprint density at radius 3 is 2.90 bits per heavy atom. The van der Waals surface area contributed by atoms with Gasteiger partial charge in [0.1, 0.15) is 6.61 Å². The summed E-state index contributed by atoms with van der Waals surface area (Å²) in [5.74, 6) is 0. The second-order valence-corrected chi connectivity index (χ2v) is 2.32. The molecule has 1 rings (SSSR count). The number of hydrogen-bond acceptors (Lipinski definition) is 3. The first-order valence-electron chi connectivity index (χ1n) is 2.98. The molecule has 3 heteroatoms. The molecule has 1 atom stereocenters. The molecule has 1 aliphatic rings. The lowest BCUT2D eigenvalue weighted by atomic mass is 10.0. The molecule has 0 aromatic rings. The number of cyclic esters (lactones) is 2. The second-order valence-electron chi connectivity index (χ2n) is 2.32. The Labute approximate surface area is 59.6 Å². The fraction of sp³-hybridized carbons (Fsp3) is 0.429. The van der Waals surface area contributed by atoms with Crippen LogP contribution in [0.1, 0.15) is 6.42 Å². The summed E-state index contributed by atoms with van der Waals surface area (Å²) in [4.78, 5) is 10.4. The van der Waals surface area contributed by atoms with Gasteiger partial charge in [0.05, 0.1) is 0 Å². The van der Waals surface area contributed by atoms with E-state index in [4.69, 9.17) is 4.74 Å². The highest BCUT2D eigenvalue weighted by Gasteiger charge is 2.36. The third kappa shape index (κ3) is 1.29. The molecule has 1 heterocycles. The standard InChI is InChI=1S/C7H9O3/c1-3-4-7(2)5-9-6(8)10-7/h3H,1-2,4-5H2. The third-order valence-corrected chi connectivity index (χ3v) is 1.27. The summed E-state index contributed by atoms with van der Waals surface area (Å²) in [5.41, 5.74) is -0.723. The Hall–Kier alpha value is -0.990. The van der Waals surface area contributed by atoms with Gasteiger partial charge >= 0.3 is 6.16 Å². The van der Waals surface area contributed by atoms with Gasteiger partial charge in [-0.1, -0.05) is 6.08 Å². The van der Waals surface area contributed by atoms with Crippen molar-refractivity contribution in [3.05, 3.63) is 19.6 Å². The lowest BCUT2D eigenvalue weighted by Crippen LogP contribution is -2.26. The first-order chi connectivity index (χ1) is 4.66. The fourth-order valence-electron chi connectivity index (χ4n) is 0.790. The number of carbonyl (C=O) groups is 1. The van der Waals surface area contributed by atoms with Crippen LogP contribution in [-0.4, -0.2) is 18.4 Å². The van der Waals surface area contributed by atoms with E-state index in [1.54, 1.807) is 6.08 Å². The van der Waals surface area contributed by atoms with Crippen LogP contribution in [0.25, 0.3) is 0 Å². The van der Waals surface area contributed by atoms with Crippen molar-refractivity contribution in [2.75, 3.05) is 6.61 Å². The molecule has 0 aromatic carbocycles. The van der Waals surface area contributed by atoms with Crippen LogP contribution in [0.4, 0.5) is 4.79 Å². The predicted molar refractivity (Wildman–Crippen MR) is 35.3 cm³/mol. The maximum absolute atomic E-state index is 10.4. The molecule has 10 heavy (non-hydrogen) atoms. The fourth-order valence-corrected chi connectivity index (χ4v) is 0.790. The lowest BCUT2D eigenvalue weighted by Gasteiger charge is -2.15. The van der Waals surface area contributed by atoms with Crippen LogP contribution in [-0.2, 0) is 9.47 Å². The second kappa shape index (κ2) is 2.33. The lowest BCUT2D eigenvalue weighted by molar-refractivity contribution is 0.0896. The van der Waals surface area contributed by atoms with Crippen LogP contribution >= 0.6 is 0 Å². The van der Waals surface area contributed by atoms with Crippen LogP contribution in [0, 0.1) is 6.92 Å². The number of hydrogen-bond donors (Lipinski definition) is 0. The van der Waals surface area contributed by atoms with E-state index in [0.717, 1.165) is 0 Å². The molecular weight excluding hydrogens is 132 g/mol. The molecule has 1 unspecified atom stereocenters. The maximum Gasteiger partial charge on any atom is 0.509 e. The zero-order valence-electron chi connectivity index (χ0n) is 5.63. The molecule has 0 bridgehead atoms. The van der Waals surface area contributed by atoms with Gasteiger partial charge in [-0.05, 0) is 6.92 Å². The monoisotopic (exact) mass is 141 g/mol. The van der Waals surface area contributed by atoms with Gasteiger partial charge in [0.2, 0.25) is 0 Å². The van der Waals surface area contributed by atoms with Crippen LogP contribution in [0.3, 0.4) is 0 Å². The zero-order valence-corrected chi connectivity index (χ0v) is 5.63. The molecule has 3 nitrogen and oxygen atoms in total. The molecule has 55 valence electrons. The van der Waals surface area contributed by atoms with E-state index in [-0.39, 0.29) is 6.61 Å². The van der Waals surface area contributed by atoms with Gasteiger partial charge in [-0.3, -0.25) is 0 Å². The van der Waals surface area contributed by atoms with Crippen molar-refractivity contribution in [2.24, 2.45) is 0 Å². The first kappa shape index (κ1) is 7.12. The first-order valence-corrected chi connectivity index (χ1v) is 2.98. The average molecular weight is 141 g/mol. The summed E-state index contributed by atoms with van der Waals surface area (Å²) < 4.78 is 9.30. The van der Waals surface area contributed by atoms with E-state index in [1.807, 2.05) is 0 Å². The predicted octanol–water partition coefficient (Wildman–Crippen LogP) is 1.30. The van der Waals surface area contributed by atoms with Crippen molar-refractivity contribution >= 4 is 6.16 Å². The normalized spacial score (nSPS) is 31.1. The summed E-state index contributed by atoms with van der Waals surface area (Å²) >= 11 is 0. The van der Waals surface area contributed by atoms with Gasteiger partial charge in [-0.2, -0.15) is 0 Å². The summed E-state index contributed by atoms with van der Waals surface area (Å²) in [5, 5.41) is 0. The van der Waals surface area contributed by atoms with Crippen molar-refractivity contribution in [1.29, 1.82) is 0 Å². The summed E-state index contributed by atoms with van der Waals surface area (Å²) in [6.45, 7) is 7.40. The van der Waals surface area contributed by atoms with Gasteiger partial charge < -0.3 is 9.47 Å². The topological polar surface area (TPSA) is 35.5 Å². The highest BCUT2D eigenvalue weighted by molar-refractivity contribution is 5.63. The highest BCUT2D eigenvalue weighted by atomic mass is 16.8. The van der Waals surface area contributed by atoms with Crippen molar-refractivity contribution < 1.29 is 14.3 Å². The van der Waals surface area contributed by atoms with Crippen LogP contribution < -0.4 is 0 Å². The maximum atomic E-state index is 10.4. The zero-order chi connectivity index (χ0) is 7.61. The Bertz CT molecular complexity index is 164. The quantitative estimate of drug-likeness (QED) is 0.429. The minimum absolute atomic E-state index is 0.220. The Morgan fingerprint density at radius 2 is 2.50 bits per heavy atom. The minimum atomic E-state index is -0.723. The van der Waals surface area contributed by atoms with Gasteiger partial charge in [-0.25, -0.2) is 4.79 Å². The van der Waals surface area contributed by atoms with Crippen LogP contribution in [0.2, 0.25) is 0 Å². The van der Waals surface area contributed by atoms with Gasteiger partial charge in [0.15, 0.2) is 5.60 Å². The Kier molecular flexibility index (Phi) is 1.66. The molecular formula is C7H9O3. The third-order valence-electron chi connectivity index (χ3n) is 1.27. The number of rotatable bonds is 2. The molecule has 0 aliphatic carbocycles. The van der Waals surface area contributed by atoms with Crippen molar-refractivity contribution in [1.82, 2.24) is 0 Å². The van der Waals surface area contributed by atoms with Gasteiger partial charge in [0.25, 0.3) is 0 Å².